The fraction of sp³-hybridized carbons (Fsp3) is 1.00. The van der Waals surface area contributed by atoms with Gasteiger partial charge in [-0.25, -0.2) is 0 Å². The molecule has 0 radical (unpaired) electrons. The van der Waals surface area contributed by atoms with Crippen molar-refractivity contribution < 1.29 is 0 Å². The topological polar surface area (TPSA) is 3.24 Å². The molecule has 1 nitrogen and oxygen atoms in total. The highest BCUT2D eigenvalue weighted by atomic mass is 15.2. The molecule has 0 amide bonds. The molecular weight excluding hydrogens is 134 g/mol. The maximum absolute atomic E-state index is 2.72. The van der Waals surface area contributed by atoms with Crippen LogP contribution >= 0.6 is 0 Å². The standard InChI is InChI=1S/C10H19N/c1-2-9-5-6-10-4-3-7-11(10)8-9/h9-10H,2-8H2,1H3. The van der Waals surface area contributed by atoms with E-state index < -0.39 is 0 Å². The third-order valence-corrected chi connectivity index (χ3v) is 3.48. The number of hydrogen-bond donors (Lipinski definition) is 0. The van der Waals surface area contributed by atoms with Crippen molar-refractivity contribution in [2.24, 2.45) is 5.92 Å². The Labute approximate surface area is 69.8 Å². The fourth-order valence-electron chi connectivity index (χ4n) is 2.65. The Bertz CT molecular complexity index is 133. The summed E-state index contributed by atoms with van der Waals surface area (Å²) in [5, 5.41) is 0. The largest absolute Gasteiger partial charge is 0.300 e. The molecule has 2 atom stereocenters. The molecule has 0 N–H and O–H groups in total. The summed E-state index contributed by atoms with van der Waals surface area (Å²) in [7, 11) is 0. The highest BCUT2D eigenvalue weighted by Gasteiger charge is 2.30. The van der Waals surface area contributed by atoms with Gasteiger partial charge in [0.1, 0.15) is 0 Å². The molecule has 2 saturated heterocycles. The second-order valence-corrected chi connectivity index (χ2v) is 4.14. The highest BCUT2D eigenvalue weighted by Crippen LogP contribution is 2.30. The van der Waals surface area contributed by atoms with Gasteiger partial charge >= 0.3 is 0 Å². The van der Waals surface area contributed by atoms with Crippen LogP contribution in [0.4, 0.5) is 0 Å². The maximum Gasteiger partial charge on any atom is 0.00959 e. The van der Waals surface area contributed by atoms with Gasteiger partial charge < -0.3 is 4.90 Å². The van der Waals surface area contributed by atoms with E-state index in [4.69, 9.17) is 0 Å². The lowest BCUT2D eigenvalue weighted by molar-refractivity contribution is 0.145. The summed E-state index contributed by atoms with van der Waals surface area (Å²) in [6.45, 7) is 5.13. The van der Waals surface area contributed by atoms with Crippen molar-refractivity contribution in [3.05, 3.63) is 0 Å². The zero-order valence-corrected chi connectivity index (χ0v) is 7.55. The van der Waals surface area contributed by atoms with Crippen molar-refractivity contribution >= 4 is 0 Å². The predicted molar refractivity (Wildman–Crippen MR) is 47.6 cm³/mol. The van der Waals surface area contributed by atoms with E-state index in [-0.39, 0.29) is 0 Å². The first-order valence-electron chi connectivity index (χ1n) is 5.14. The smallest absolute Gasteiger partial charge is 0.00959 e. The lowest BCUT2D eigenvalue weighted by atomic mass is 9.92. The van der Waals surface area contributed by atoms with Crippen LogP contribution in [-0.4, -0.2) is 24.0 Å². The molecule has 1 heteroatoms. The average molecular weight is 153 g/mol. The van der Waals surface area contributed by atoms with Gasteiger partial charge in [-0.2, -0.15) is 0 Å². The molecule has 0 saturated carbocycles. The van der Waals surface area contributed by atoms with Crippen LogP contribution in [0.3, 0.4) is 0 Å². The third kappa shape index (κ3) is 1.44. The van der Waals surface area contributed by atoms with Crippen LogP contribution in [0.1, 0.15) is 39.0 Å². The van der Waals surface area contributed by atoms with Crippen LogP contribution < -0.4 is 0 Å². The predicted octanol–water partition coefficient (Wildman–Crippen LogP) is 2.27. The first-order chi connectivity index (χ1) is 5.40. The molecule has 64 valence electrons. The van der Waals surface area contributed by atoms with E-state index in [2.05, 4.69) is 11.8 Å². The Balaban J connectivity index is 1.91. The van der Waals surface area contributed by atoms with Crippen molar-refractivity contribution in [2.45, 2.75) is 45.1 Å². The molecule has 0 aromatic carbocycles. The number of fused-ring (bicyclic) bond motifs is 1. The van der Waals surface area contributed by atoms with Gasteiger partial charge in [0.15, 0.2) is 0 Å². The lowest BCUT2D eigenvalue weighted by Crippen LogP contribution is -2.38. The molecule has 2 heterocycles. The summed E-state index contributed by atoms with van der Waals surface area (Å²) in [6.07, 6.45) is 7.32. The number of piperidine rings is 1. The molecule has 2 rings (SSSR count). The first-order valence-corrected chi connectivity index (χ1v) is 5.14. The van der Waals surface area contributed by atoms with Gasteiger partial charge in [-0.3, -0.25) is 0 Å². The van der Waals surface area contributed by atoms with E-state index in [9.17, 15) is 0 Å². The molecule has 0 aromatic heterocycles. The van der Waals surface area contributed by atoms with Crippen LogP contribution in [0.2, 0.25) is 0 Å². The van der Waals surface area contributed by atoms with E-state index in [0.29, 0.717) is 0 Å². The van der Waals surface area contributed by atoms with Gasteiger partial charge in [0, 0.05) is 12.6 Å². The summed E-state index contributed by atoms with van der Waals surface area (Å²) in [4.78, 5) is 2.72. The molecule has 2 aliphatic rings. The summed E-state index contributed by atoms with van der Waals surface area (Å²) in [5.41, 5.74) is 0. The molecule has 2 fully saturated rings. The summed E-state index contributed by atoms with van der Waals surface area (Å²) >= 11 is 0. The van der Waals surface area contributed by atoms with Gasteiger partial charge in [-0.1, -0.05) is 13.3 Å². The van der Waals surface area contributed by atoms with Crippen LogP contribution in [0.5, 0.6) is 0 Å². The minimum atomic E-state index is 0.984. The maximum atomic E-state index is 2.72. The Morgan fingerprint density at radius 2 is 2.18 bits per heavy atom. The zero-order valence-electron chi connectivity index (χ0n) is 7.55. The zero-order chi connectivity index (χ0) is 7.68. The van der Waals surface area contributed by atoms with E-state index in [1.165, 1.54) is 45.2 Å². The second-order valence-electron chi connectivity index (χ2n) is 4.14. The van der Waals surface area contributed by atoms with E-state index in [1.54, 1.807) is 0 Å². The number of rotatable bonds is 1. The van der Waals surface area contributed by atoms with Gasteiger partial charge in [-0.15, -0.1) is 0 Å². The van der Waals surface area contributed by atoms with E-state index >= 15 is 0 Å². The van der Waals surface area contributed by atoms with Crippen LogP contribution in [0.25, 0.3) is 0 Å². The highest BCUT2D eigenvalue weighted by molar-refractivity contribution is 4.85. The second kappa shape index (κ2) is 3.14. The minimum Gasteiger partial charge on any atom is -0.300 e. The van der Waals surface area contributed by atoms with Gasteiger partial charge in [0.25, 0.3) is 0 Å². The van der Waals surface area contributed by atoms with Crippen LogP contribution in [-0.2, 0) is 0 Å². The fourth-order valence-corrected chi connectivity index (χ4v) is 2.65. The first kappa shape index (κ1) is 7.60. The Morgan fingerprint density at radius 1 is 1.27 bits per heavy atom. The molecule has 2 unspecified atom stereocenters. The molecular formula is C10H19N. The number of hydrogen-bond acceptors (Lipinski definition) is 1. The van der Waals surface area contributed by atoms with Crippen molar-refractivity contribution in [1.82, 2.24) is 4.90 Å². The quantitative estimate of drug-likeness (QED) is 0.558. The van der Waals surface area contributed by atoms with Crippen LogP contribution in [0, 0.1) is 5.92 Å². The average Bonchev–Trinajstić information content (AvgIpc) is 2.50. The van der Waals surface area contributed by atoms with Gasteiger partial charge in [0.05, 0.1) is 0 Å². The van der Waals surface area contributed by atoms with E-state index in [0.717, 1.165) is 12.0 Å². The third-order valence-electron chi connectivity index (χ3n) is 3.48. The monoisotopic (exact) mass is 153 g/mol. The van der Waals surface area contributed by atoms with Crippen LogP contribution in [0.15, 0.2) is 0 Å². The van der Waals surface area contributed by atoms with Gasteiger partial charge in [-0.05, 0) is 38.1 Å². The number of nitrogens with zero attached hydrogens (tertiary/aromatic N) is 1. The molecule has 0 bridgehead atoms. The van der Waals surface area contributed by atoms with Crippen molar-refractivity contribution in [2.75, 3.05) is 13.1 Å². The normalized spacial score (nSPS) is 39.0. The summed E-state index contributed by atoms with van der Waals surface area (Å²) in [5.74, 6) is 1.02. The lowest BCUT2D eigenvalue weighted by Gasteiger charge is -2.34. The molecule has 0 aromatic rings. The Kier molecular flexibility index (Phi) is 2.17. The van der Waals surface area contributed by atoms with Gasteiger partial charge in [0.2, 0.25) is 0 Å². The minimum absolute atomic E-state index is 0.984. The summed E-state index contributed by atoms with van der Waals surface area (Å²) in [6, 6.07) is 0.984. The van der Waals surface area contributed by atoms with Crippen molar-refractivity contribution in [3.8, 4) is 0 Å². The molecule has 11 heavy (non-hydrogen) atoms. The SMILES string of the molecule is CCC1CCC2CCCN2C1. The molecule has 2 aliphatic heterocycles. The molecule has 0 aliphatic carbocycles. The van der Waals surface area contributed by atoms with Crippen molar-refractivity contribution in [1.29, 1.82) is 0 Å². The molecule has 0 spiro atoms. The Morgan fingerprint density at radius 3 is 3.00 bits per heavy atom. The van der Waals surface area contributed by atoms with Crippen molar-refractivity contribution in [3.63, 3.8) is 0 Å². The summed E-state index contributed by atoms with van der Waals surface area (Å²) < 4.78 is 0. The van der Waals surface area contributed by atoms with E-state index in [1.807, 2.05) is 0 Å². The Hall–Kier alpha value is -0.0400.